The fourth-order valence-corrected chi connectivity index (χ4v) is 2.83. The van der Waals surface area contributed by atoms with Crippen LogP contribution in [0.3, 0.4) is 0 Å². The third-order valence-corrected chi connectivity index (χ3v) is 4.42. The predicted octanol–water partition coefficient (Wildman–Crippen LogP) is 3.40. The summed E-state index contributed by atoms with van der Waals surface area (Å²) in [5.41, 5.74) is 1.89. The molecule has 1 saturated heterocycles. The number of amides is 2. The quantitative estimate of drug-likeness (QED) is 0.674. The van der Waals surface area contributed by atoms with Crippen molar-refractivity contribution >= 4 is 23.1 Å². The number of nitrogens with one attached hydrogen (secondary N) is 1. The van der Waals surface area contributed by atoms with Crippen molar-refractivity contribution in [2.24, 2.45) is 0 Å². The van der Waals surface area contributed by atoms with E-state index >= 15 is 0 Å². The molecule has 1 heterocycles. The molecule has 8 heteroatoms. The normalized spacial score (nSPS) is 14.2. The molecule has 0 bridgehead atoms. The molecule has 0 aliphatic carbocycles. The number of halogens is 1. The summed E-state index contributed by atoms with van der Waals surface area (Å²) in [7, 11) is 0. The largest absolute Gasteiger partial charge is 0.368 e. The van der Waals surface area contributed by atoms with Crippen LogP contribution in [0, 0.1) is 22.9 Å². The summed E-state index contributed by atoms with van der Waals surface area (Å²) in [4.78, 5) is 26.3. The minimum atomic E-state index is -0.431. The van der Waals surface area contributed by atoms with Crippen molar-refractivity contribution in [3.05, 3.63) is 64.0 Å². The molecule has 1 aliphatic rings. The van der Waals surface area contributed by atoms with Gasteiger partial charge in [-0.25, -0.2) is 9.18 Å². The number of nitro groups is 1. The predicted molar refractivity (Wildman–Crippen MR) is 97.0 cm³/mol. The maximum Gasteiger partial charge on any atom is 0.321 e. The molecular weight excluding hydrogens is 339 g/mol. The second kappa shape index (κ2) is 7.38. The molecule has 1 aliphatic heterocycles. The number of rotatable bonds is 3. The van der Waals surface area contributed by atoms with Crippen LogP contribution in [0.5, 0.6) is 0 Å². The monoisotopic (exact) mass is 358 g/mol. The first kappa shape index (κ1) is 17.7. The molecule has 2 aromatic carbocycles. The van der Waals surface area contributed by atoms with Crippen LogP contribution in [0.2, 0.25) is 0 Å². The Kier molecular flexibility index (Phi) is 5.01. The maximum atomic E-state index is 13.6. The zero-order valence-electron chi connectivity index (χ0n) is 14.3. The van der Waals surface area contributed by atoms with Crippen LogP contribution in [0.25, 0.3) is 0 Å². The Hall–Kier alpha value is -3.16. The Morgan fingerprint density at radius 2 is 1.77 bits per heavy atom. The van der Waals surface area contributed by atoms with Gasteiger partial charge in [0.05, 0.1) is 4.92 Å². The Morgan fingerprint density at radius 1 is 1.12 bits per heavy atom. The van der Waals surface area contributed by atoms with E-state index < -0.39 is 4.92 Å². The Bertz CT molecular complexity index is 818. The number of hydrogen-bond donors (Lipinski definition) is 1. The van der Waals surface area contributed by atoms with E-state index in [0.717, 1.165) is 5.69 Å². The number of carbonyl (C=O) groups excluding carboxylic acids is 1. The Balaban J connectivity index is 1.56. The smallest absolute Gasteiger partial charge is 0.321 e. The Morgan fingerprint density at radius 3 is 2.35 bits per heavy atom. The van der Waals surface area contributed by atoms with Gasteiger partial charge >= 0.3 is 6.03 Å². The highest BCUT2D eigenvalue weighted by molar-refractivity contribution is 5.89. The van der Waals surface area contributed by atoms with Crippen LogP contribution in [0.15, 0.2) is 42.5 Å². The SMILES string of the molecule is Cc1ccc(NC(=O)N2CCN(c3ccc([N+](=O)[O-])cc3)CC2)cc1F. The van der Waals surface area contributed by atoms with Gasteiger partial charge in [-0.15, -0.1) is 0 Å². The Labute approximate surface area is 150 Å². The second-order valence-corrected chi connectivity index (χ2v) is 6.14. The van der Waals surface area contributed by atoms with Crippen molar-refractivity contribution in [2.45, 2.75) is 6.92 Å². The first-order chi connectivity index (χ1) is 12.4. The first-order valence-corrected chi connectivity index (χ1v) is 8.25. The van der Waals surface area contributed by atoms with Gasteiger partial charge in [0.1, 0.15) is 5.82 Å². The second-order valence-electron chi connectivity index (χ2n) is 6.14. The van der Waals surface area contributed by atoms with Gasteiger partial charge in [0, 0.05) is 49.7 Å². The zero-order valence-corrected chi connectivity index (χ0v) is 14.3. The van der Waals surface area contributed by atoms with Crippen molar-refractivity contribution in [3.8, 4) is 0 Å². The van der Waals surface area contributed by atoms with Crippen molar-refractivity contribution in [2.75, 3.05) is 36.4 Å². The summed E-state index contributed by atoms with van der Waals surface area (Å²) in [6.45, 7) is 3.92. The number of hydrogen-bond acceptors (Lipinski definition) is 4. The minimum absolute atomic E-state index is 0.0529. The lowest BCUT2D eigenvalue weighted by molar-refractivity contribution is -0.384. The molecule has 136 valence electrons. The van der Waals surface area contributed by atoms with Gasteiger partial charge in [-0.05, 0) is 36.8 Å². The number of piperazine rings is 1. The van der Waals surface area contributed by atoms with Gasteiger partial charge in [-0.3, -0.25) is 10.1 Å². The average molecular weight is 358 g/mol. The molecule has 2 amide bonds. The maximum absolute atomic E-state index is 13.6. The van der Waals surface area contributed by atoms with Gasteiger partial charge < -0.3 is 15.1 Å². The van der Waals surface area contributed by atoms with Crippen molar-refractivity contribution in [1.82, 2.24) is 4.90 Å². The number of non-ortho nitro benzene ring substituents is 1. The van der Waals surface area contributed by atoms with Crippen molar-refractivity contribution in [3.63, 3.8) is 0 Å². The van der Waals surface area contributed by atoms with Gasteiger partial charge in [0.2, 0.25) is 0 Å². The standard InChI is InChI=1S/C18H19FN4O3/c1-13-2-3-14(12-17(13)19)20-18(24)22-10-8-21(9-11-22)15-4-6-16(7-5-15)23(25)26/h2-7,12H,8-11H2,1H3,(H,20,24). The van der Waals surface area contributed by atoms with E-state index in [4.69, 9.17) is 0 Å². The van der Waals surface area contributed by atoms with E-state index in [0.29, 0.717) is 37.4 Å². The highest BCUT2D eigenvalue weighted by atomic mass is 19.1. The topological polar surface area (TPSA) is 78.7 Å². The number of nitrogens with zero attached hydrogens (tertiary/aromatic N) is 3. The van der Waals surface area contributed by atoms with Gasteiger partial charge in [-0.2, -0.15) is 0 Å². The number of benzene rings is 2. The molecule has 7 nitrogen and oxygen atoms in total. The van der Waals surface area contributed by atoms with Crippen LogP contribution in [-0.4, -0.2) is 42.0 Å². The lowest BCUT2D eigenvalue weighted by Gasteiger charge is -2.36. The number of anilines is 2. The van der Waals surface area contributed by atoms with E-state index in [2.05, 4.69) is 10.2 Å². The molecule has 0 spiro atoms. The third-order valence-electron chi connectivity index (χ3n) is 4.42. The summed E-state index contributed by atoms with van der Waals surface area (Å²) >= 11 is 0. The first-order valence-electron chi connectivity index (χ1n) is 8.25. The summed E-state index contributed by atoms with van der Waals surface area (Å²) < 4.78 is 13.6. The third kappa shape index (κ3) is 3.90. The molecule has 1 fully saturated rings. The van der Waals surface area contributed by atoms with Crippen LogP contribution >= 0.6 is 0 Å². The van der Waals surface area contributed by atoms with Gasteiger partial charge in [-0.1, -0.05) is 6.07 Å². The fourth-order valence-electron chi connectivity index (χ4n) is 2.83. The molecular formula is C18H19FN4O3. The molecule has 3 rings (SSSR count). The van der Waals surface area contributed by atoms with E-state index in [1.807, 2.05) is 0 Å². The highest BCUT2D eigenvalue weighted by Crippen LogP contribution is 2.21. The van der Waals surface area contributed by atoms with E-state index in [9.17, 15) is 19.3 Å². The van der Waals surface area contributed by atoms with Crippen molar-refractivity contribution < 1.29 is 14.1 Å². The summed E-state index contributed by atoms with van der Waals surface area (Å²) in [6, 6.07) is 10.7. The van der Waals surface area contributed by atoms with E-state index in [-0.39, 0.29) is 17.5 Å². The van der Waals surface area contributed by atoms with Crippen LogP contribution in [0.4, 0.5) is 26.2 Å². The number of nitro benzene ring substituents is 1. The van der Waals surface area contributed by atoms with E-state index in [1.54, 1.807) is 36.1 Å². The summed E-state index contributed by atoms with van der Waals surface area (Å²) in [5.74, 6) is -0.356. The molecule has 2 aromatic rings. The van der Waals surface area contributed by atoms with Crippen molar-refractivity contribution in [1.29, 1.82) is 0 Å². The minimum Gasteiger partial charge on any atom is -0.368 e. The zero-order chi connectivity index (χ0) is 18.7. The molecule has 0 saturated carbocycles. The molecule has 0 aromatic heterocycles. The molecule has 26 heavy (non-hydrogen) atoms. The summed E-state index contributed by atoms with van der Waals surface area (Å²) in [5, 5.41) is 13.4. The average Bonchev–Trinajstić information content (AvgIpc) is 2.65. The van der Waals surface area contributed by atoms with E-state index in [1.165, 1.54) is 18.2 Å². The number of carbonyl (C=O) groups is 1. The number of urea groups is 1. The molecule has 0 atom stereocenters. The highest BCUT2D eigenvalue weighted by Gasteiger charge is 2.22. The molecule has 1 N–H and O–H groups in total. The molecule has 0 unspecified atom stereocenters. The van der Waals surface area contributed by atoms with Gasteiger partial charge in [0.15, 0.2) is 0 Å². The fraction of sp³-hybridized carbons (Fsp3) is 0.278. The van der Waals surface area contributed by atoms with Gasteiger partial charge in [0.25, 0.3) is 5.69 Å². The van der Waals surface area contributed by atoms with Crippen LogP contribution < -0.4 is 10.2 Å². The summed E-state index contributed by atoms with van der Waals surface area (Å²) in [6.07, 6.45) is 0. The lowest BCUT2D eigenvalue weighted by Crippen LogP contribution is -2.50. The van der Waals surface area contributed by atoms with Crippen LogP contribution in [-0.2, 0) is 0 Å². The molecule has 0 radical (unpaired) electrons. The lowest BCUT2D eigenvalue weighted by atomic mass is 10.2. The number of aryl methyl sites for hydroxylation is 1. The van der Waals surface area contributed by atoms with Crippen LogP contribution in [0.1, 0.15) is 5.56 Å².